The number of carbonyl (C=O) groups is 1. The molecular weight excluding hydrogens is 280 g/mol. The van der Waals surface area contributed by atoms with Crippen LogP contribution in [-0.2, 0) is 0 Å². The van der Waals surface area contributed by atoms with Gasteiger partial charge in [0.2, 0.25) is 0 Å². The molecule has 0 aliphatic heterocycles. The molecule has 5 nitrogen and oxygen atoms in total. The Bertz CT molecular complexity index is 651. The van der Waals surface area contributed by atoms with Gasteiger partial charge >= 0.3 is 0 Å². The first-order valence-electron chi connectivity index (χ1n) is 7.01. The average Bonchev–Trinajstić information content (AvgIpc) is 2.48. The largest absolute Gasteiger partial charge is 0.497 e. The van der Waals surface area contributed by atoms with Gasteiger partial charge in [0, 0.05) is 17.4 Å². The highest BCUT2D eigenvalue weighted by atomic mass is 16.5. The molecule has 3 N–H and O–H groups in total. The fourth-order valence-corrected chi connectivity index (χ4v) is 1.96. The van der Waals surface area contributed by atoms with Crippen molar-refractivity contribution in [3.8, 4) is 11.5 Å². The van der Waals surface area contributed by atoms with E-state index >= 15 is 0 Å². The van der Waals surface area contributed by atoms with E-state index in [-0.39, 0.29) is 12.0 Å². The number of anilines is 2. The third kappa shape index (κ3) is 3.91. The van der Waals surface area contributed by atoms with Gasteiger partial charge < -0.3 is 20.5 Å². The van der Waals surface area contributed by atoms with E-state index < -0.39 is 0 Å². The maximum atomic E-state index is 12.2. The Morgan fingerprint density at radius 3 is 2.27 bits per heavy atom. The molecule has 116 valence electrons. The molecule has 1 amide bonds. The molecule has 0 bridgehead atoms. The summed E-state index contributed by atoms with van der Waals surface area (Å²) in [5.74, 6) is 1.11. The van der Waals surface area contributed by atoms with Crippen molar-refractivity contribution in [2.75, 3.05) is 18.2 Å². The number of benzene rings is 2. The standard InChI is InChI=1S/C17H20N2O3/c1-11(2)22-13-6-4-12(5-7-13)19-17(20)15-9-8-14(21-3)10-16(15)18/h4-11H,18H2,1-3H3,(H,19,20). The fourth-order valence-electron chi connectivity index (χ4n) is 1.96. The lowest BCUT2D eigenvalue weighted by atomic mass is 10.1. The van der Waals surface area contributed by atoms with Gasteiger partial charge in [-0.25, -0.2) is 0 Å². The van der Waals surface area contributed by atoms with Crippen molar-refractivity contribution >= 4 is 17.3 Å². The van der Waals surface area contributed by atoms with Crippen LogP contribution in [0.15, 0.2) is 42.5 Å². The predicted molar refractivity (Wildman–Crippen MR) is 87.6 cm³/mol. The van der Waals surface area contributed by atoms with E-state index in [1.165, 1.54) is 0 Å². The molecule has 0 unspecified atom stereocenters. The highest BCUT2D eigenvalue weighted by Gasteiger charge is 2.11. The van der Waals surface area contributed by atoms with E-state index in [1.54, 1.807) is 37.4 Å². The van der Waals surface area contributed by atoms with Crippen molar-refractivity contribution in [3.63, 3.8) is 0 Å². The molecule has 2 aromatic carbocycles. The van der Waals surface area contributed by atoms with E-state index in [4.69, 9.17) is 15.2 Å². The lowest BCUT2D eigenvalue weighted by molar-refractivity contribution is 0.102. The second-order valence-corrected chi connectivity index (χ2v) is 5.10. The number of carbonyl (C=O) groups excluding carboxylic acids is 1. The Hall–Kier alpha value is -2.69. The van der Waals surface area contributed by atoms with Gasteiger partial charge in [0.25, 0.3) is 5.91 Å². The molecule has 0 atom stereocenters. The van der Waals surface area contributed by atoms with Crippen LogP contribution in [-0.4, -0.2) is 19.1 Å². The molecule has 22 heavy (non-hydrogen) atoms. The van der Waals surface area contributed by atoms with Crippen LogP contribution in [0.2, 0.25) is 0 Å². The second kappa shape index (κ2) is 6.85. The topological polar surface area (TPSA) is 73.6 Å². The van der Waals surface area contributed by atoms with Gasteiger partial charge in [-0.15, -0.1) is 0 Å². The summed E-state index contributed by atoms with van der Waals surface area (Å²) < 4.78 is 10.6. The third-order valence-corrected chi connectivity index (χ3v) is 2.99. The van der Waals surface area contributed by atoms with Crippen LogP contribution >= 0.6 is 0 Å². The number of nitrogens with two attached hydrogens (primary N) is 1. The molecule has 0 spiro atoms. The summed E-state index contributed by atoms with van der Waals surface area (Å²) in [6, 6.07) is 12.2. The van der Waals surface area contributed by atoms with Gasteiger partial charge in [-0.1, -0.05) is 0 Å². The first-order chi connectivity index (χ1) is 10.5. The molecule has 2 aromatic rings. The molecule has 0 fully saturated rings. The number of nitrogen functional groups attached to an aromatic ring is 1. The summed E-state index contributed by atoms with van der Waals surface area (Å²) >= 11 is 0. The van der Waals surface area contributed by atoms with Gasteiger partial charge in [-0.2, -0.15) is 0 Å². The Balaban J connectivity index is 2.08. The molecule has 0 saturated carbocycles. The van der Waals surface area contributed by atoms with Crippen molar-refractivity contribution in [3.05, 3.63) is 48.0 Å². The summed E-state index contributed by atoms with van der Waals surface area (Å²) in [6.07, 6.45) is 0.111. The lowest BCUT2D eigenvalue weighted by Gasteiger charge is -2.11. The normalized spacial score (nSPS) is 10.4. The molecule has 0 saturated heterocycles. The molecule has 0 aliphatic carbocycles. The molecular formula is C17H20N2O3. The predicted octanol–water partition coefficient (Wildman–Crippen LogP) is 3.32. The summed E-state index contributed by atoms with van der Waals surface area (Å²) in [5.41, 5.74) is 7.32. The number of rotatable bonds is 5. The van der Waals surface area contributed by atoms with E-state index in [0.717, 1.165) is 5.75 Å². The number of methoxy groups -OCH3 is 1. The van der Waals surface area contributed by atoms with E-state index in [0.29, 0.717) is 22.7 Å². The van der Waals surface area contributed by atoms with Crippen molar-refractivity contribution in [1.29, 1.82) is 0 Å². The monoisotopic (exact) mass is 300 g/mol. The van der Waals surface area contributed by atoms with Crippen LogP contribution in [0.1, 0.15) is 24.2 Å². The zero-order valence-corrected chi connectivity index (χ0v) is 12.9. The van der Waals surface area contributed by atoms with Crippen LogP contribution in [0.4, 0.5) is 11.4 Å². The maximum Gasteiger partial charge on any atom is 0.257 e. The van der Waals surface area contributed by atoms with Crippen LogP contribution in [0, 0.1) is 0 Å². The maximum absolute atomic E-state index is 12.2. The number of hydrogen-bond donors (Lipinski definition) is 2. The quantitative estimate of drug-likeness (QED) is 0.831. The zero-order chi connectivity index (χ0) is 16.1. The molecule has 0 radical (unpaired) electrons. The number of ether oxygens (including phenoxy) is 2. The molecule has 0 aliphatic rings. The summed E-state index contributed by atoms with van der Waals surface area (Å²) in [7, 11) is 1.55. The Morgan fingerprint density at radius 1 is 1.09 bits per heavy atom. The smallest absolute Gasteiger partial charge is 0.257 e. The Kier molecular flexibility index (Phi) is 4.88. The Labute approximate surface area is 130 Å². The minimum absolute atomic E-state index is 0.111. The zero-order valence-electron chi connectivity index (χ0n) is 12.9. The molecule has 0 heterocycles. The summed E-state index contributed by atoms with van der Waals surface area (Å²) in [4.78, 5) is 12.2. The van der Waals surface area contributed by atoms with Crippen LogP contribution in [0.5, 0.6) is 11.5 Å². The first-order valence-corrected chi connectivity index (χ1v) is 7.01. The molecule has 2 rings (SSSR count). The van der Waals surface area contributed by atoms with E-state index in [1.807, 2.05) is 26.0 Å². The first kappa shape index (κ1) is 15.7. The minimum atomic E-state index is -0.266. The highest BCUT2D eigenvalue weighted by Crippen LogP contribution is 2.22. The van der Waals surface area contributed by atoms with Crippen molar-refractivity contribution in [2.45, 2.75) is 20.0 Å². The summed E-state index contributed by atoms with van der Waals surface area (Å²) in [6.45, 7) is 3.92. The Morgan fingerprint density at radius 2 is 1.73 bits per heavy atom. The number of amides is 1. The number of nitrogens with one attached hydrogen (secondary N) is 1. The minimum Gasteiger partial charge on any atom is -0.497 e. The van der Waals surface area contributed by atoms with Crippen molar-refractivity contribution < 1.29 is 14.3 Å². The summed E-state index contributed by atoms with van der Waals surface area (Å²) in [5, 5.41) is 2.80. The molecule has 0 aromatic heterocycles. The highest BCUT2D eigenvalue weighted by molar-refractivity contribution is 6.07. The SMILES string of the molecule is COc1ccc(C(=O)Nc2ccc(OC(C)C)cc2)c(N)c1. The van der Waals surface area contributed by atoms with Gasteiger partial charge in [0.05, 0.1) is 18.8 Å². The lowest BCUT2D eigenvalue weighted by Crippen LogP contribution is -2.14. The second-order valence-electron chi connectivity index (χ2n) is 5.10. The van der Waals surface area contributed by atoms with Crippen LogP contribution in [0.3, 0.4) is 0 Å². The average molecular weight is 300 g/mol. The van der Waals surface area contributed by atoms with E-state index in [9.17, 15) is 4.79 Å². The van der Waals surface area contributed by atoms with Crippen molar-refractivity contribution in [1.82, 2.24) is 0 Å². The van der Waals surface area contributed by atoms with Gasteiger partial charge in [0.1, 0.15) is 11.5 Å². The third-order valence-electron chi connectivity index (χ3n) is 2.99. The van der Waals surface area contributed by atoms with Gasteiger partial charge in [0.15, 0.2) is 0 Å². The van der Waals surface area contributed by atoms with Gasteiger partial charge in [-0.3, -0.25) is 4.79 Å². The van der Waals surface area contributed by atoms with Crippen LogP contribution in [0.25, 0.3) is 0 Å². The van der Waals surface area contributed by atoms with E-state index in [2.05, 4.69) is 5.32 Å². The number of hydrogen-bond acceptors (Lipinski definition) is 4. The van der Waals surface area contributed by atoms with Crippen LogP contribution < -0.4 is 20.5 Å². The fraction of sp³-hybridized carbons (Fsp3) is 0.235. The van der Waals surface area contributed by atoms with Crippen molar-refractivity contribution in [2.24, 2.45) is 0 Å². The van der Waals surface area contributed by atoms with Gasteiger partial charge in [-0.05, 0) is 50.2 Å². The molecule has 5 heteroatoms.